The Kier molecular flexibility index (Phi) is 4.24. The van der Waals surface area contributed by atoms with Gasteiger partial charge >= 0.3 is 0 Å². The SMILES string of the molecule is O=C(NCc1ccc(F)cc1)c1ccc(N2CCc3ccccc32)s1. The molecule has 1 aliphatic heterocycles. The summed E-state index contributed by atoms with van der Waals surface area (Å²) in [5.41, 5.74) is 3.45. The highest BCUT2D eigenvalue weighted by Crippen LogP contribution is 2.38. The second-order valence-electron chi connectivity index (χ2n) is 5.98. The zero-order valence-corrected chi connectivity index (χ0v) is 14.4. The molecule has 4 rings (SSSR count). The second kappa shape index (κ2) is 6.69. The van der Waals surface area contributed by atoms with E-state index < -0.39 is 0 Å². The number of carbonyl (C=O) groups is 1. The van der Waals surface area contributed by atoms with Crippen molar-refractivity contribution in [2.24, 2.45) is 0 Å². The highest BCUT2D eigenvalue weighted by molar-refractivity contribution is 7.18. The first-order valence-electron chi connectivity index (χ1n) is 8.18. The first kappa shape index (κ1) is 15.8. The van der Waals surface area contributed by atoms with Crippen LogP contribution in [-0.4, -0.2) is 12.5 Å². The Morgan fingerprint density at radius 2 is 1.88 bits per heavy atom. The van der Waals surface area contributed by atoms with Crippen LogP contribution in [0.2, 0.25) is 0 Å². The molecule has 0 radical (unpaired) electrons. The van der Waals surface area contributed by atoms with Crippen LogP contribution in [0.4, 0.5) is 15.1 Å². The summed E-state index contributed by atoms with van der Waals surface area (Å²) in [5.74, 6) is -0.378. The maximum Gasteiger partial charge on any atom is 0.261 e. The molecule has 1 aliphatic rings. The summed E-state index contributed by atoms with van der Waals surface area (Å²) in [7, 11) is 0. The molecule has 0 saturated carbocycles. The maximum atomic E-state index is 12.9. The Labute approximate surface area is 149 Å². The quantitative estimate of drug-likeness (QED) is 0.749. The predicted octanol–water partition coefficient (Wildman–Crippen LogP) is 4.51. The summed E-state index contributed by atoms with van der Waals surface area (Å²) in [6.45, 7) is 1.33. The van der Waals surface area contributed by atoms with Crippen LogP contribution >= 0.6 is 11.3 Å². The van der Waals surface area contributed by atoms with Crippen LogP contribution in [0, 0.1) is 5.82 Å². The first-order valence-corrected chi connectivity index (χ1v) is 9.00. The number of fused-ring (bicyclic) bond motifs is 1. The van der Waals surface area contributed by atoms with Crippen molar-refractivity contribution in [3.8, 4) is 0 Å². The van der Waals surface area contributed by atoms with E-state index in [0.29, 0.717) is 11.4 Å². The van der Waals surface area contributed by atoms with E-state index in [1.165, 1.54) is 34.7 Å². The predicted molar refractivity (Wildman–Crippen MR) is 99.0 cm³/mol. The highest BCUT2D eigenvalue weighted by atomic mass is 32.1. The normalized spacial score (nSPS) is 12.9. The van der Waals surface area contributed by atoms with Crippen molar-refractivity contribution in [3.63, 3.8) is 0 Å². The third-order valence-corrected chi connectivity index (χ3v) is 5.44. The van der Waals surface area contributed by atoms with Crippen LogP contribution in [0.25, 0.3) is 0 Å². The topological polar surface area (TPSA) is 32.3 Å². The van der Waals surface area contributed by atoms with Crippen LogP contribution in [-0.2, 0) is 13.0 Å². The van der Waals surface area contributed by atoms with Gasteiger partial charge in [-0.3, -0.25) is 4.79 Å². The number of hydrogen-bond acceptors (Lipinski definition) is 3. The summed E-state index contributed by atoms with van der Waals surface area (Å²) in [6, 6.07) is 18.4. The monoisotopic (exact) mass is 352 g/mol. The average Bonchev–Trinajstić information content (AvgIpc) is 3.27. The third kappa shape index (κ3) is 3.28. The van der Waals surface area contributed by atoms with Crippen LogP contribution in [0.5, 0.6) is 0 Å². The molecular formula is C20H17FN2OS. The fraction of sp³-hybridized carbons (Fsp3) is 0.150. The van der Waals surface area contributed by atoms with Crippen molar-refractivity contribution in [2.45, 2.75) is 13.0 Å². The molecule has 0 atom stereocenters. The summed E-state index contributed by atoms with van der Waals surface area (Å²) >= 11 is 1.49. The third-order valence-electron chi connectivity index (χ3n) is 4.34. The smallest absolute Gasteiger partial charge is 0.261 e. The van der Waals surface area contributed by atoms with Gasteiger partial charge in [0.15, 0.2) is 0 Å². The lowest BCUT2D eigenvalue weighted by Gasteiger charge is -2.16. The molecule has 0 bridgehead atoms. The van der Waals surface area contributed by atoms with Crippen LogP contribution in [0.15, 0.2) is 60.7 Å². The van der Waals surface area contributed by atoms with Gasteiger partial charge in [0.1, 0.15) is 5.82 Å². The lowest BCUT2D eigenvalue weighted by molar-refractivity contribution is 0.0955. The van der Waals surface area contributed by atoms with Gasteiger partial charge in [0.05, 0.1) is 9.88 Å². The number of carbonyl (C=O) groups excluding carboxylic acids is 1. The zero-order chi connectivity index (χ0) is 17.2. The minimum absolute atomic E-state index is 0.104. The minimum Gasteiger partial charge on any atom is -0.347 e. The molecule has 0 saturated heterocycles. The molecular weight excluding hydrogens is 335 g/mol. The maximum absolute atomic E-state index is 12.9. The number of amides is 1. The average molecular weight is 352 g/mol. The molecule has 0 aliphatic carbocycles. The van der Waals surface area contributed by atoms with Crippen LogP contribution < -0.4 is 10.2 Å². The number of nitrogens with one attached hydrogen (secondary N) is 1. The molecule has 3 aromatic rings. The highest BCUT2D eigenvalue weighted by Gasteiger charge is 2.22. The molecule has 0 unspecified atom stereocenters. The van der Waals surface area contributed by atoms with Crippen molar-refractivity contribution in [2.75, 3.05) is 11.4 Å². The first-order chi connectivity index (χ1) is 12.2. The number of thiophene rings is 1. The van der Waals surface area contributed by atoms with Crippen LogP contribution in [0.1, 0.15) is 20.8 Å². The summed E-state index contributed by atoms with van der Waals surface area (Å²) in [4.78, 5) is 15.3. The molecule has 1 amide bonds. The largest absolute Gasteiger partial charge is 0.347 e. The van der Waals surface area contributed by atoms with Crippen molar-refractivity contribution in [1.82, 2.24) is 5.32 Å². The number of benzene rings is 2. The van der Waals surface area contributed by atoms with Gasteiger partial charge in [-0.15, -0.1) is 11.3 Å². The zero-order valence-electron chi connectivity index (χ0n) is 13.5. The molecule has 1 N–H and O–H groups in total. The van der Waals surface area contributed by atoms with E-state index >= 15 is 0 Å². The molecule has 1 aromatic heterocycles. The van der Waals surface area contributed by atoms with Gasteiger partial charge in [0.25, 0.3) is 5.91 Å². The number of nitrogens with zero attached hydrogens (tertiary/aromatic N) is 1. The Morgan fingerprint density at radius 1 is 1.08 bits per heavy atom. The van der Waals surface area contributed by atoms with E-state index in [1.807, 2.05) is 18.2 Å². The van der Waals surface area contributed by atoms with E-state index in [1.54, 1.807) is 12.1 Å². The summed E-state index contributed by atoms with van der Waals surface area (Å²) in [6.07, 6.45) is 1.03. The van der Waals surface area contributed by atoms with Gasteiger partial charge in [-0.1, -0.05) is 30.3 Å². The summed E-state index contributed by atoms with van der Waals surface area (Å²) < 4.78 is 12.9. The van der Waals surface area contributed by atoms with Gasteiger partial charge in [0, 0.05) is 18.8 Å². The van der Waals surface area contributed by atoms with Crippen LogP contribution in [0.3, 0.4) is 0 Å². The van der Waals surface area contributed by atoms with Gasteiger partial charge in [-0.25, -0.2) is 4.39 Å². The number of halogens is 1. The van der Waals surface area contributed by atoms with Crippen molar-refractivity contribution in [1.29, 1.82) is 0 Å². The second-order valence-corrected chi connectivity index (χ2v) is 7.04. The van der Waals surface area contributed by atoms with E-state index in [4.69, 9.17) is 0 Å². The van der Waals surface area contributed by atoms with Crippen molar-refractivity contribution in [3.05, 3.63) is 82.5 Å². The number of anilines is 2. The molecule has 5 heteroatoms. The van der Waals surface area contributed by atoms with Gasteiger partial charge in [-0.2, -0.15) is 0 Å². The Balaban J connectivity index is 1.44. The Morgan fingerprint density at radius 3 is 2.72 bits per heavy atom. The molecule has 3 nitrogen and oxygen atoms in total. The number of rotatable bonds is 4. The van der Waals surface area contributed by atoms with E-state index in [9.17, 15) is 9.18 Å². The lowest BCUT2D eigenvalue weighted by Crippen LogP contribution is -2.21. The molecule has 126 valence electrons. The number of para-hydroxylation sites is 1. The van der Waals surface area contributed by atoms with Gasteiger partial charge in [-0.05, 0) is 47.9 Å². The Bertz CT molecular complexity index is 904. The van der Waals surface area contributed by atoms with Crippen molar-refractivity contribution >= 4 is 27.9 Å². The molecule has 2 heterocycles. The van der Waals surface area contributed by atoms with E-state index in [2.05, 4.69) is 28.4 Å². The van der Waals surface area contributed by atoms with Gasteiger partial charge in [0.2, 0.25) is 0 Å². The molecule has 2 aromatic carbocycles. The minimum atomic E-state index is -0.274. The number of hydrogen-bond donors (Lipinski definition) is 1. The standard InChI is InChI=1S/C20H17FN2OS/c21-16-7-5-14(6-8-16)13-22-20(24)18-9-10-19(25-18)23-12-11-15-3-1-2-4-17(15)23/h1-10H,11-13H2,(H,22,24). The Hall–Kier alpha value is -2.66. The van der Waals surface area contributed by atoms with E-state index in [-0.39, 0.29) is 11.7 Å². The summed E-state index contributed by atoms with van der Waals surface area (Å²) in [5, 5.41) is 3.97. The van der Waals surface area contributed by atoms with Gasteiger partial charge < -0.3 is 10.2 Å². The fourth-order valence-electron chi connectivity index (χ4n) is 3.03. The van der Waals surface area contributed by atoms with Crippen molar-refractivity contribution < 1.29 is 9.18 Å². The molecule has 25 heavy (non-hydrogen) atoms. The molecule has 0 fully saturated rings. The fourth-order valence-corrected chi connectivity index (χ4v) is 4.00. The van der Waals surface area contributed by atoms with E-state index in [0.717, 1.165) is 23.5 Å². The molecule has 0 spiro atoms. The lowest BCUT2D eigenvalue weighted by atomic mass is 10.2.